The average Bonchev–Trinajstić information content (AvgIpc) is 2.43. The molecule has 0 saturated heterocycles. The van der Waals surface area contributed by atoms with Crippen molar-refractivity contribution < 1.29 is 14.4 Å². The Morgan fingerprint density at radius 1 is 1.27 bits per heavy atom. The second-order valence-electron chi connectivity index (χ2n) is 8.29. The van der Waals surface area contributed by atoms with Crippen LogP contribution in [0, 0.1) is 0 Å². The van der Waals surface area contributed by atoms with Gasteiger partial charge in [-0.15, -0.1) is 0 Å². The van der Waals surface area contributed by atoms with Crippen LogP contribution < -0.4 is 5.32 Å². The average molecular weight is 407 g/mol. The highest BCUT2D eigenvalue weighted by molar-refractivity contribution is 6.76. The number of likely N-dealkylation sites (N-methyl/N-ethyl adjacent to an activating group) is 1. The van der Waals surface area contributed by atoms with Crippen molar-refractivity contribution in [2.24, 2.45) is 4.99 Å². The van der Waals surface area contributed by atoms with Crippen molar-refractivity contribution >= 4 is 31.1 Å². The summed E-state index contributed by atoms with van der Waals surface area (Å²) in [5.41, 5.74) is -0.516. The molecule has 0 bridgehead atoms. The van der Waals surface area contributed by atoms with Crippen LogP contribution in [0.3, 0.4) is 0 Å². The number of rotatable bonds is 9. The molecule has 0 fully saturated rings. The molecule has 9 heteroatoms. The van der Waals surface area contributed by atoms with Gasteiger partial charge >= 0.3 is 6.09 Å². The number of hydroxylamine groups is 2. The zero-order chi connectivity index (χ0) is 20.5. The van der Waals surface area contributed by atoms with Crippen molar-refractivity contribution in [2.45, 2.75) is 52.1 Å². The first-order valence-corrected chi connectivity index (χ1v) is 12.8. The van der Waals surface area contributed by atoms with E-state index in [2.05, 4.69) is 36.5 Å². The molecule has 0 aromatic heterocycles. The Morgan fingerprint density at radius 3 is 2.35 bits per heavy atom. The predicted molar refractivity (Wildman–Crippen MR) is 111 cm³/mol. The molecule has 0 saturated carbocycles. The Kier molecular flexibility index (Phi) is 10.3. The van der Waals surface area contributed by atoms with Gasteiger partial charge in [0.1, 0.15) is 11.4 Å². The van der Waals surface area contributed by atoms with Crippen molar-refractivity contribution in [1.29, 1.82) is 0 Å². The molecule has 7 nitrogen and oxygen atoms in total. The first kappa shape index (κ1) is 24.7. The monoisotopic (exact) mass is 406 g/mol. The van der Waals surface area contributed by atoms with Gasteiger partial charge in [-0.1, -0.05) is 26.2 Å². The van der Waals surface area contributed by atoms with E-state index >= 15 is 0 Å². The van der Waals surface area contributed by atoms with Crippen LogP contribution >= 0.6 is 11.6 Å². The molecule has 0 rings (SSSR count). The summed E-state index contributed by atoms with van der Waals surface area (Å²) in [4.78, 5) is 23.2. The first-order valence-electron chi connectivity index (χ1n) is 8.69. The molecule has 26 heavy (non-hydrogen) atoms. The third-order valence-electron chi connectivity index (χ3n) is 3.17. The topological polar surface area (TPSA) is 66.4 Å². The minimum Gasteiger partial charge on any atom is -0.444 e. The minimum atomic E-state index is -1.15. The van der Waals surface area contributed by atoms with Crippen molar-refractivity contribution in [3.8, 4) is 0 Å². The summed E-state index contributed by atoms with van der Waals surface area (Å²) in [6.07, 6.45) is -0.450. The van der Waals surface area contributed by atoms with Crippen LogP contribution in [-0.2, 0) is 9.57 Å². The molecule has 0 spiro atoms. The van der Waals surface area contributed by atoms with Crippen LogP contribution in [0.25, 0.3) is 0 Å². The lowest BCUT2D eigenvalue weighted by atomic mass is 10.2. The van der Waals surface area contributed by atoms with E-state index in [0.29, 0.717) is 25.5 Å². The predicted octanol–water partition coefficient (Wildman–Crippen LogP) is 3.71. The fraction of sp³-hybridized carbons (Fsp3) is 0.765. The number of hydrogen-bond acceptors (Lipinski definition) is 5. The zero-order valence-electron chi connectivity index (χ0n) is 17.5. The maximum Gasteiger partial charge on any atom is 0.407 e. The number of nitrogens with zero attached hydrogens (tertiary/aromatic N) is 3. The summed E-state index contributed by atoms with van der Waals surface area (Å²) in [5, 5.41) is 4.34. The largest absolute Gasteiger partial charge is 0.444 e. The van der Waals surface area contributed by atoms with Gasteiger partial charge in [0.05, 0.1) is 6.61 Å². The van der Waals surface area contributed by atoms with Gasteiger partial charge in [0.2, 0.25) is 5.29 Å². The Bertz CT molecular complexity index is 501. The Labute approximate surface area is 164 Å². The molecule has 0 aromatic carbocycles. The second kappa shape index (κ2) is 10.8. The number of carbonyl (C=O) groups excluding carboxylic acids is 1. The third kappa shape index (κ3) is 13.0. The number of carbonyl (C=O) groups is 1. The highest BCUT2D eigenvalue weighted by atomic mass is 35.5. The van der Waals surface area contributed by atoms with E-state index < -0.39 is 19.8 Å². The number of halogens is 1. The highest BCUT2D eigenvalue weighted by Crippen LogP contribution is 2.10. The maximum atomic E-state index is 11.6. The van der Waals surface area contributed by atoms with E-state index in [0.717, 1.165) is 6.04 Å². The molecule has 152 valence electrons. The normalized spacial score (nSPS) is 12.6. The molecule has 0 heterocycles. The molecule has 0 aliphatic rings. The number of alkyl carbamates (subject to hydrolysis) is 1. The number of nitrogens with one attached hydrogen (secondary N) is 1. The third-order valence-corrected chi connectivity index (χ3v) is 5.20. The van der Waals surface area contributed by atoms with Gasteiger partial charge in [0, 0.05) is 35.3 Å². The van der Waals surface area contributed by atoms with Crippen LogP contribution in [0.5, 0.6) is 0 Å². The summed E-state index contributed by atoms with van der Waals surface area (Å²) >= 11 is 6.16. The van der Waals surface area contributed by atoms with Gasteiger partial charge in [0.25, 0.3) is 0 Å². The number of hydrogen-bond donors (Lipinski definition) is 1. The maximum absolute atomic E-state index is 11.6. The van der Waals surface area contributed by atoms with E-state index in [-0.39, 0.29) is 5.29 Å². The van der Waals surface area contributed by atoms with Crippen LogP contribution in [0.15, 0.2) is 17.4 Å². The van der Waals surface area contributed by atoms with E-state index in [1.54, 1.807) is 11.9 Å². The van der Waals surface area contributed by atoms with Crippen molar-refractivity contribution in [1.82, 2.24) is 15.3 Å². The van der Waals surface area contributed by atoms with Crippen molar-refractivity contribution in [3.63, 3.8) is 0 Å². The van der Waals surface area contributed by atoms with Crippen LogP contribution in [0.1, 0.15) is 20.8 Å². The SMILES string of the molecule is C=C(N=C(Cl)N(C)OCC[Si](C)(C)C)N(C)CCNC(=O)OC(C)(C)C. The van der Waals surface area contributed by atoms with Crippen LogP contribution in [0.2, 0.25) is 25.7 Å². The van der Waals surface area contributed by atoms with Crippen LogP contribution in [-0.4, -0.2) is 68.8 Å². The molecular formula is C17H35ClN4O3Si. The van der Waals surface area contributed by atoms with Crippen molar-refractivity contribution in [3.05, 3.63) is 12.4 Å². The molecule has 0 aromatic rings. The quantitative estimate of drug-likeness (QED) is 0.208. The first-order chi connectivity index (χ1) is 11.7. The van der Waals surface area contributed by atoms with E-state index in [9.17, 15) is 4.79 Å². The van der Waals surface area contributed by atoms with Gasteiger partial charge in [-0.25, -0.2) is 14.9 Å². The zero-order valence-corrected chi connectivity index (χ0v) is 19.2. The summed E-state index contributed by atoms with van der Waals surface area (Å²) < 4.78 is 5.18. The summed E-state index contributed by atoms with van der Waals surface area (Å²) in [6, 6.07) is 1.04. The second-order valence-corrected chi connectivity index (χ2v) is 14.2. The summed E-state index contributed by atoms with van der Waals surface area (Å²) in [6.45, 7) is 17.7. The Hall–Kier alpha value is -1.25. The molecule has 0 unspecified atom stereocenters. The lowest BCUT2D eigenvalue weighted by Gasteiger charge is -2.23. The molecule has 0 aliphatic carbocycles. The highest BCUT2D eigenvalue weighted by Gasteiger charge is 2.16. The van der Waals surface area contributed by atoms with Gasteiger partial charge in [0.15, 0.2) is 0 Å². The molecule has 1 amide bonds. The van der Waals surface area contributed by atoms with E-state index in [4.69, 9.17) is 21.2 Å². The smallest absolute Gasteiger partial charge is 0.407 e. The molecule has 0 radical (unpaired) electrons. The fourth-order valence-corrected chi connectivity index (χ4v) is 2.42. The Morgan fingerprint density at radius 2 is 1.85 bits per heavy atom. The van der Waals surface area contributed by atoms with Crippen molar-refractivity contribution in [2.75, 3.05) is 33.8 Å². The van der Waals surface area contributed by atoms with Gasteiger partial charge < -0.3 is 15.0 Å². The summed E-state index contributed by atoms with van der Waals surface area (Å²) in [5.74, 6) is 0.474. The lowest BCUT2D eigenvalue weighted by molar-refractivity contribution is -0.0704. The molecule has 0 atom stereocenters. The molecule has 0 aliphatic heterocycles. The van der Waals surface area contributed by atoms with E-state index in [1.165, 1.54) is 5.06 Å². The van der Waals surface area contributed by atoms with E-state index in [1.807, 2.05) is 27.8 Å². The molecule has 1 N–H and O–H groups in total. The minimum absolute atomic E-state index is 0.206. The van der Waals surface area contributed by atoms with Gasteiger partial charge in [-0.3, -0.25) is 4.84 Å². The number of amides is 1. The number of amidine groups is 1. The number of aliphatic imine (C=N–C) groups is 1. The number of ether oxygens (including phenoxy) is 1. The van der Waals surface area contributed by atoms with Crippen LogP contribution in [0.4, 0.5) is 4.79 Å². The van der Waals surface area contributed by atoms with Gasteiger partial charge in [-0.2, -0.15) is 0 Å². The molecular weight excluding hydrogens is 372 g/mol. The standard InChI is InChI=1S/C17H35ClN4O3Si/c1-14(20-15(18)22(6)24-12-13-26(7,8)9)21(5)11-10-19-16(23)25-17(2,3)4/h1,10-13H2,2-9H3,(H,19,23). The van der Waals surface area contributed by atoms with Gasteiger partial charge in [-0.05, 0) is 38.4 Å². The summed E-state index contributed by atoms with van der Waals surface area (Å²) in [7, 11) is 2.38. The fourth-order valence-electron chi connectivity index (χ4n) is 1.57. The Balaban J connectivity index is 4.29. The lowest BCUT2D eigenvalue weighted by Crippen LogP contribution is -2.36.